The van der Waals surface area contributed by atoms with E-state index in [4.69, 9.17) is 51.1 Å². The van der Waals surface area contributed by atoms with Gasteiger partial charge in [0, 0.05) is 10.0 Å². The molecule has 8 nitrogen and oxygen atoms in total. The van der Waals surface area contributed by atoms with E-state index in [2.05, 4.69) is 10.6 Å². The van der Waals surface area contributed by atoms with Crippen molar-refractivity contribution in [1.29, 1.82) is 0 Å². The van der Waals surface area contributed by atoms with Crippen LogP contribution in [0, 0.1) is 5.92 Å². The number of halogens is 9. The Kier molecular flexibility index (Phi) is 13.7. The lowest BCUT2D eigenvalue weighted by Gasteiger charge is -2.28. The molecule has 0 heterocycles. The number of hydrogen-bond acceptors (Lipinski definition) is 5. The monoisotopic (exact) mass is 769 g/mol. The van der Waals surface area contributed by atoms with E-state index in [9.17, 15) is 41.1 Å². The number of rotatable bonds is 14. The first kappa shape index (κ1) is 39.8. The van der Waals surface area contributed by atoms with Crippen LogP contribution in [0.25, 0.3) is 0 Å². The number of ketones is 1. The van der Waals surface area contributed by atoms with Crippen molar-refractivity contribution >= 4 is 69.9 Å². The summed E-state index contributed by atoms with van der Waals surface area (Å²) in [6, 6.07) is 12.6. The van der Waals surface area contributed by atoms with Gasteiger partial charge in [0.15, 0.2) is 0 Å². The molecule has 0 aromatic heterocycles. The molecule has 3 N–H and O–H groups in total. The maximum absolute atomic E-state index is 14.8. The maximum Gasteiger partial charge on any atom is 0.405 e. The third-order valence-corrected chi connectivity index (χ3v) is 8.05. The van der Waals surface area contributed by atoms with Gasteiger partial charge in [0.05, 0.1) is 22.5 Å². The fourth-order valence-corrected chi connectivity index (χ4v) is 4.97. The van der Waals surface area contributed by atoms with Gasteiger partial charge in [-0.2, -0.15) is 22.0 Å². The Morgan fingerprint density at radius 3 is 1.98 bits per heavy atom. The van der Waals surface area contributed by atoms with Crippen LogP contribution in [-0.2, 0) is 19.2 Å². The number of carbonyl (C=O) groups excluding carboxylic acids is 4. The molecule has 3 rings (SSSR count). The lowest BCUT2D eigenvalue weighted by atomic mass is 9.94. The smallest absolute Gasteiger partial charge is 0.405 e. The Bertz CT molecular complexity index is 1680. The SMILES string of the molecule is CC(C)[C@H](NC(=O)C(NC(=O)CC(Oc1cccc(Cl)c1)c1ccc(Cl)c(Cl)c1)c1ccc(Cl)cc1)C(=O)C(F)(F)C(=O)NCC(F)(F)F. The highest BCUT2D eigenvalue weighted by atomic mass is 35.5. The number of nitrogens with one attached hydrogen (secondary N) is 3. The van der Waals surface area contributed by atoms with Gasteiger partial charge in [-0.1, -0.05) is 84.5 Å². The molecule has 3 amide bonds. The molecule has 49 heavy (non-hydrogen) atoms. The van der Waals surface area contributed by atoms with Crippen molar-refractivity contribution in [3.63, 3.8) is 0 Å². The molecule has 0 bridgehead atoms. The summed E-state index contributed by atoms with van der Waals surface area (Å²) in [5.41, 5.74) is 0.523. The molecule has 0 saturated heterocycles. The lowest BCUT2D eigenvalue weighted by molar-refractivity contribution is -0.165. The summed E-state index contributed by atoms with van der Waals surface area (Å²) >= 11 is 24.3. The number of ether oxygens (including phenoxy) is 1. The van der Waals surface area contributed by atoms with Gasteiger partial charge in [0.25, 0.3) is 5.91 Å². The summed E-state index contributed by atoms with van der Waals surface area (Å²) in [5, 5.41) is 6.57. The number of carbonyl (C=O) groups is 4. The quantitative estimate of drug-likeness (QED) is 0.115. The van der Waals surface area contributed by atoms with E-state index in [0.717, 1.165) is 5.32 Å². The maximum atomic E-state index is 14.8. The molecule has 0 radical (unpaired) electrons. The summed E-state index contributed by atoms with van der Waals surface area (Å²) in [4.78, 5) is 51.9. The van der Waals surface area contributed by atoms with Gasteiger partial charge in [-0.3, -0.25) is 19.2 Å². The van der Waals surface area contributed by atoms with Crippen LogP contribution in [0.15, 0.2) is 66.7 Å². The van der Waals surface area contributed by atoms with Crippen LogP contribution in [0.4, 0.5) is 22.0 Å². The second-order valence-electron chi connectivity index (χ2n) is 11.0. The van der Waals surface area contributed by atoms with E-state index in [1.165, 1.54) is 56.3 Å². The van der Waals surface area contributed by atoms with E-state index in [-0.39, 0.29) is 26.4 Å². The number of amides is 3. The van der Waals surface area contributed by atoms with Gasteiger partial charge in [-0.25, -0.2) is 0 Å². The molecule has 17 heteroatoms. The Morgan fingerprint density at radius 2 is 1.41 bits per heavy atom. The van der Waals surface area contributed by atoms with Crippen molar-refractivity contribution < 1.29 is 45.9 Å². The second-order valence-corrected chi connectivity index (χ2v) is 12.6. The minimum atomic E-state index is -5.03. The summed E-state index contributed by atoms with van der Waals surface area (Å²) in [7, 11) is 0. The highest BCUT2D eigenvalue weighted by Crippen LogP contribution is 2.32. The first-order chi connectivity index (χ1) is 22.8. The molecule has 0 aliphatic heterocycles. The Morgan fingerprint density at radius 1 is 0.776 bits per heavy atom. The van der Waals surface area contributed by atoms with Crippen LogP contribution >= 0.6 is 46.4 Å². The normalized spacial score (nSPS) is 13.6. The van der Waals surface area contributed by atoms with Gasteiger partial charge < -0.3 is 20.7 Å². The zero-order valence-corrected chi connectivity index (χ0v) is 28.5. The van der Waals surface area contributed by atoms with Crippen molar-refractivity contribution in [3.8, 4) is 5.75 Å². The van der Waals surface area contributed by atoms with Crippen LogP contribution in [0.2, 0.25) is 20.1 Å². The van der Waals surface area contributed by atoms with Crippen LogP contribution < -0.4 is 20.7 Å². The molecule has 264 valence electrons. The first-order valence-corrected chi connectivity index (χ1v) is 15.8. The average Bonchev–Trinajstić information content (AvgIpc) is 3.01. The molecule has 3 atom stereocenters. The van der Waals surface area contributed by atoms with Gasteiger partial charge in [-0.05, 0) is 59.5 Å². The predicted octanol–water partition coefficient (Wildman–Crippen LogP) is 7.69. The Labute approximate surface area is 297 Å². The fourth-order valence-electron chi connectivity index (χ4n) is 4.36. The zero-order valence-electron chi connectivity index (χ0n) is 25.5. The molecular weight excluding hydrogens is 743 g/mol. The number of Topliss-reactive ketones (excluding diaryl/α,β-unsaturated/α-hetero) is 1. The van der Waals surface area contributed by atoms with Gasteiger partial charge in [-0.15, -0.1) is 0 Å². The molecule has 0 fully saturated rings. The number of hydrogen-bond donors (Lipinski definition) is 3. The summed E-state index contributed by atoms with van der Waals surface area (Å²) in [5.74, 6) is -12.4. The topological polar surface area (TPSA) is 114 Å². The molecular formula is C32H28Cl4F5N3O5. The molecule has 0 aliphatic rings. The van der Waals surface area contributed by atoms with Crippen LogP contribution in [0.3, 0.4) is 0 Å². The minimum Gasteiger partial charge on any atom is -0.485 e. The van der Waals surface area contributed by atoms with Crippen molar-refractivity contribution in [2.45, 2.75) is 50.6 Å². The van der Waals surface area contributed by atoms with Gasteiger partial charge >= 0.3 is 12.1 Å². The number of benzene rings is 3. The second kappa shape index (κ2) is 16.8. The zero-order chi connectivity index (χ0) is 36.7. The van der Waals surface area contributed by atoms with Gasteiger partial charge in [0.2, 0.25) is 17.6 Å². The van der Waals surface area contributed by atoms with Crippen LogP contribution in [0.5, 0.6) is 5.75 Å². The van der Waals surface area contributed by atoms with E-state index in [1.807, 2.05) is 0 Å². The Hall–Kier alpha value is -3.65. The van der Waals surface area contributed by atoms with Crippen molar-refractivity contribution in [3.05, 3.63) is 97.9 Å². The van der Waals surface area contributed by atoms with E-state index < -0.39 is 72.7 Å². The third kappa shape index (κ3) is 11.4. The van der Waals surface area contributed by atoms with Crippen molar-refractivity contribution in [2.75, 3.05) is 6.54 Å². The lowest BCUT2D eigenvalue weighted by Crippen LogP contribution is -2.58. The number of alkyl halides is 5. The largest absolute Gasteiger partial charge is 0.485 e. The predicted molar refractivity (Wildman–Crippen MR) is 174 cm³/mol. The summed E-state index contributed by atoms with van der Waals surface area (Å²) in [6.45, 7) is 0.414. The Balaban J connectivity index is 1.90. The molecule has 3 aromatic carbocycles. The molecule has 0 spiro atoms. The van der Waals surface area contributed by atoms with Crippen LogP contribution in [-0.4, -0.2) is 48.2 Å². The highest BCUT2D eigenvalue weighted by Gasteiger charge is 2.52. The van der Waals surface area contributed by atoms with Crippen LogP contribution in [0.1, 0.15) is 43.5 Å². The van der Waals surface area contributed by atoms with Crippen molar-refractivity contribution in [2.24, 2.45) is 5.92 Å². The van der Waals surface area contributed by atoms with E-state index >= 15 is 0 Å². The van der Waals surface area contributed by atoms with Crippen molar-refractivity contribution in [1.82, 2.24) is 16.0 Å². The molecule has 3 aromatic rings. The molecule has 0 aliphatic carbocycles. The highest BCUT2D eigenvalue weighted by molar-refractivity contribution is 6.42. The molecule has 0 saturated carbocycles. The summed E-state index contributed by atoms with van der Waals surface area (Å²) in [6.07, 6.45) is -6.49. The standard InChI is InChI=1S/C32H28Cl4F5N3O5/c1-16(2)26(28(46)32(40,41)30(48)42-15-31(37,38)39)44-29(47)27(17-6-9-19(33)10-7-17)43-25(45)14-24(18-8-11-22(35)23(36)12-18)49-21-5-3-4-20(34)13-21/h3-13,16,24,26-27H,14-15H2,1-2H3,(H,42,48)(H,43,45)(H,44,47)/t24?,26-,27?/m0/s1. The van der Waals surface area contributed by atoms with E-state index in [0.29, 0.717) is 10.6 Å². The van der Waals surface area contributed by atoms with Gasteiger partial charge in [0.1, 0.15) is 24.4 Å². The first-order valence-electron chi connectivity index (χ1n) is 14.3. The van der Waals surface area contributed by atoms with E-state index in [1.54, 1.807) is 24.3 Å². The summed E-state index contributed by atoms with van der Waals surface area (Å²) < 4.78 is 73.1. The third-order valence-electron chi connectivity index (χ3n) is 6.82. The average molecular weight is 771 g/mol. The molecule has 2 unspecified atom stereocenters. The minimum absolute atomic E-state index is 0.113. The fraction of sp³-hybridized carbons (Fsp3) is 0.312.